The lowest BCUT2D eigenvalue weighted by Gasteiger charge is -2.31. The summed E-state index contributed by atoms with van der Waals surface area (Å²) in [5.74, 6) is -0.385. The maximum atomic E-state index is 13.2. The third kappa shape index (κ3) is 3.05. The number of nitrogens with one attached hydrogen (secondary N) is 1. The fourth-order valence-electron chi connectivity index (χ4n) is 3.53. The Bertz CT molecular complexity index is 1190. The highest BCUT2D eigenvalue weighted by atomic mass is 32.2. The van der Waals surface area contributed by atoms with Crippen LogP contribution >= 0.6 is 0 Å². The van der Waals surface area contributed by atoms with Crippen molar-refractivity contribution in [2.45, 2.75) is 18.7 Å². The number of hydrogen-bond acceptors (Lipinski definition) is 3. The normalized spacial score (nSPS) is 14.1. The first-order chi connectivity index (χ1) is 13.4. The summed E-state index contributed by atoms with van der Waals surface area (Å²) in [5.41, 5.74) is 4.67. The number of nitrogens with zero attached hydrogens (tertiary/aromatic N) is 1. The molecule has 0 unspecified atom stereocenters. The molecule has 1 aliphatic heterocycles. The van der Waals surface area contributed by atoms with E-state index in [9.17, 15) is 13.2 Å². The molecule has 0 saturated carbocycles. The zero-order chi connectivity index (χ0) is 19.9. The van der Waals surface area contributed by atoms with Crippen molar-refractivity contribution < 1.29 is 13.2 Å². The second kappa shape index (κ2) is 6.80. The van der Waals surface area contributed by atoms with E-state index in [4.69, 9.17) is 0 Å². The molecule has 4 rings (SSSR count). The van der Waals surface area contributed by atoms with Gasteiger partial charge in [-0.15, -0.1) is 0 Å². The highest BCUT2D eigenvalue weighted by Gasteiger charge is 2.35. The monoisotopic (exact) mass is 392 g/mol. The molecule has 0 aromatic heterocycles. The molecule has 3 aromatic carbocycles. The second-order valence-corrected chi connectivity index (χ2v) is 8.72. The summed E-state index contributed by atoms with van der Waals surface area (Å²) in [4.78, 5) is 12.9. The fourth-order valence-corrected chi connectivity index (χ4v) is 5.17. The number of anilines is 2. The molecule has 1 N–H and O–H groups in total. The molecular weight excluding hydrogens is 372 g/mol. The molecule has 142 valence electrons. The Hall–Kier alpha value is -3.12. The number of amides is 1. The fraction of sp³-hybridized carbons (Fsp3) is 0.136. The summed E-state index contributed by atoms with van der Waals surface area (Å²) in [5, 5.41) is 2.83. The van der Waals surface area contributed by atoms with Crippen molar-refractivity contribution >= 4 is 27.3 Å². The molecule has 0 radical (unpaired) electrons. The van der Waals surface area contributed by atoms with E-state index in [0.29, 0.717) is 16.9 Å². The van der Waals surface area contributed by atoms with E-state index < -0.39 is 10.0 Å². The Balaban J connectivity index is 1.70. The highest BCUT2D eigenvalue weighted by Crippen LogP contribution is 2.42. The minimum Gasteiger partial charge on any atom is -0.324 e. The second-order valence-electron chi connectivity index (χ2n) is 6.89. The standard InChI is InChI=1S/C22H20N2O3S/c1-15-11-12-19(16(2)13-15)23-22(25)14-24-20-9-5-3-7-17(20)18-8-4-6-10-21(18)28(24,26)27/h3-13H,14H2,1-2H3,(H,23,25). The first-order valence-electron chi connectivity index (χ1n) is 8.96. The van der Waals surface area contributed by atoms with Crippen molar-refractivity contribution in [3.63, 3.8) is 0 Å². The van der Waals surface area contributed by atoms with Crippen LogP contribution in [0.4, 0.5) is 11.4 Å². The molecule has 6 heteroatoms. The lowest BCUT2D eigenvalue weighted by molar-refractivity contribution is -0.114. The van der Waals surface area contributed by atoms with Gasteiger partial charge in [0.25, 0.3) is 10.0 Å². The average molecular weight is 392 g/mol. The predicted octanol–water partition coefficient (Wildman–Crippen LogP) is 4.12. The summed E-state index contributed by atoms with van der Waals surface area (Å²) in [7, 11) is -3.83. The van der Waals surface area contributed by atoms with Crippen molar-refractivity contribution in [1.82, 2.24) is 0 Å². The average Bonchev–Trinajstić information content (AvgIpc) is 2.67. The molecule has 0 bridgehead atoms. The molecule has 5 nitrogen and oxygen atoms in total. The first kappa shape index (κ1) is 18.3. The van der Waals surface area contributed by atoms with Crippen LogP contribution in [-0.4, -0.2) is 20.9 Å². The van der Waals surface area contributed by atoms with E-state index in [2.05, 4.69) is 5.32 Å². The Kier molecular flexibility index (Phi) is 4.43. The molecule has 1 heterocycles. The van der Waals surface area contributed by atoms with Crippen molar-refractivity contribution in [2.24, 2.45) is 0 Å². The van der Waals surface area contributed by atoms with Crippen molar-refractivity contribution in [3.05, 3.63) is 77.9 Å². The van der Waals surface area contributed by atoms with E-state index in [-0.39, 0.29) is 17.3 Å². The van der Waals surface area contributed by atoms with Gasteiger partial charge in [0.2, 0.25) is 5.91 Å². The van der Waals surface area contributed by atoms with Gasteiger partial charge in [-0.05, 0) is 37.6 Å². The molecule has 0 saturated heterocycles. The van der Waals surface area contributed by atoms with Crippen LogP contribution in [0, 0.1) is 13.8 Å². The van der Waals surface area contributed by atoms with Crippen molar-refractivity contribution in [2.75, 3.05) is 16.2 Å². The van der Waals surface area contributed by atoms with E-state index >= 15 is 0 Å². The summed E-state index contributed by atoms with van der Waals surface area (Å²) < 4.78 is 27.6. The van der Waals surface area contributed by atoms with Crippen LogP contribution in [0.25, 0.3) is 11.1 Å². The molecule has 3 aromatic rings. The van der Waals surface area contributed by atoms with Gasteiger partial charge in [-0.2, -0.15) is 0 Å². The van der Waals surface area contributed by atoms with Crippen LogP contribution in [0.1, 0.15) is 11.1 Å². The minimum absolute atomic E-state index is 0.216. The third-order valence-corrected chi connectivity index (χ3v) is 6.68. The number of fused-ring (bicyclic) bond motifs is 3. The van der Waals surface area contributed by atoms with E-state index in [1.807, 2.05) is 50.2 Å². The Morgan fingerprint density at radius 1 is 0.929 bits per heavy atom. The van der Waals surface area contributed by atoms with Crippen LogP contribution in [0.5, 0.6) is 0 Å². The quantitative estimate of drug-likeness (QED) is 0.729. The highest BCUT2D eigenvalue weighted by molar-refractivity contribution is 7.93. The summed E-state index contributed by atoms with van der Waals surface area (Å²) in [6.07, 6.45) is 0. The van der Waals surface area contributed by atoms with E-state index in [1.54, 1.807) is 30.3 Å². The number of hydrogen-bond donors (Lipinski definition) is 1. The zero-order valence-corrected chi connectivity index (χ0v) is 16.5. The van der Waals surface area contributed by atoms with Gasteiger partial charge >= 0.3 is 0 Å². The topological polar surface area (TPSA) is 66.5 Å². The number of para-hydroxylation sites is 1. The van der Waals surface area contributed by atoms with Gasteiger partial charge in [0.1, 0.15) is 6.54 Å². The molecule has 0 fully saturated rings. The zero-order valence-electron chi connectivity index (χ0n) is 15.6. The van der Waals surface area contributed by atoms with Gasteiger partial charge < -0.3 is 5.32 Å². The smallest absolute Gasteiger partial charge is 0.265 e. The summed E-state index contributed by atoms with van der Waals surface area (Å²) in [6, 6.07) is 19.8. The van der Waals surface area contributed by atoms with E-state index in [0.717, 1.165) is 16.7 Å². The van der Waals surface area contributed by atoms with Gasteiger partial charge in [-0.3, -0.25) is 9.10 Å². The molecule has 0 atom stereocenters. The van der Waals surface area contributed by atoms with Crippen molar-refractivity contribution in [1.29, 1.82) is 0 Å². The van der Waals surface area contributed by atoms with Gasteiger partial charge in [0.05, 0.1) is 10.6 Å². The number of aryl methyl sites for hydroxylation is 2. The Morgan fingerprint density at radius 2 is 1.61 bits per heavy atom. The lowest BCUT2D eigenvalue weighted by Crippen LogP contribution is -2.40. The summed E-state index contributed by atoms with van der Waals surface area (Å²) >= 11 is 0. The molecule has 1 amide bonds. The Morgan fingerprint density at radius 3 is 2.36 bits per heavy atom. The number of carbonyl (C=O) groups excluding carboxylic acids is 1. The van der Waals surface area contributed by atoms with Crippen LogP contribution < -0.4 is 9.62 Å². The van der Waals surface area contributed by atoms with Gasteiger partial charge in [-0.1, -0.05) is 54.1 Å². The van der Waals surface area contributed by atoms with Gasteiger partial charge in [-0.25, -0.2) is 8.42 Å². The first-order valence-corrected chi connectivity index (χ1v) is 10.4. The molecule has 1 aliphatic rings. The maximum absolute atomic E-state index is 13.2. The van der Waals surface area contributed by atoms with E-state index in [1.165, 1.54) is 4.31 Å². The van der Waals surface area contributed by atoms with Gasteiger partial charge in [0, 0.05) is 16.8 Å². The Labute approximate surface area is 164 Å². The van der Waals surface area contributed by atoms with Crippen molar-refractivity contribution in [3.8, 4) is 11.1 Å². The molecule has 0 aliphatic carbocycles. The van der Waals surface area contributed by atoms with Crippen LogP contribution in [0.3, 0.4) is 0 Å². The predicted molar refractivity (Wildman–Crippen MR) is 111 cm³/mol. The number of carbonyl (C=O) groups is 1. The number of benzene rings is 3. The largest absolute Gasteiger partial charge is 0.324 e. The van der Waals surface area contributed by atoms with Crippen LogP contribution in [-0.2, 0) is 14.8 Å². The van der Waals surface area contributed by atoms with Crippen LogP contribution in [0.15, 0.2) is 71.6 Å². The molecular formula is C22H20N2O3S. The summed E-state index contributed by atoms with van der Waals surface area (Å²) in [6.45, 7) is 3.60. The maximum Gasteiger partial charge on any atom is 0.265 e. The number of rotatable bonds is 3. The molecule has 0 spiro atoms. The SMILES string of the molecule is Cc1ccc(NC(=O)CN2c3ccccc3-c3ccccc3S2(=O)=O)c(C)c1. The van der Waals surface area contributed by atoms with Crippen LogP contribution in [0.2, 0.25) is 0 Å². The lowest BCUT2D eigenvalue weighted by atomic mass is 10.0. The molecule has 28 heavy (non-hydrogen) atoms. The minimum atomic E-state index is -3.83. The number of sulfonamides is 1. The van der Waals surface area contributed by atoms with Gasteiger partial charge in [0.15, 0.2) is 0 Å². The third-order valence-electron chi connectivity index (χ3n) is 4.86.